The molecule has 0 amide bonds. The Kier molecular flexibility index (Phi) is 7.01. The van der Waals surface area contributed by atoms with Crippen molar-refractivity contribution in [2.45, 2.75) is 48.4 Å². The van der Waals surface area contributed by atoms with Crippen molar-refractivity contribution < 1.29 is 16.8 Å². The molecule has 1 aliphatic heterocycles. The van der Waals surface area contributed by atoms with Gasteiger partial charge in [-0.2, -0.15) is 4.31 Å². The molecule has 9 heteroatoms. The summed E-state index contributed by atoms with van der Waals surface area (Å²) in [6, 6.07) is 12.8. The monoisotopic (exact) mass is 456 g/mol. The normalized spacial score (nSPS) is 18.6. The molecule has 0 bridgehead atoms. The molecule has 2 aromatic carbocycles. The van der Waals surface area contributed by atoms with E-state index < -0.39 is 20.0 Å². The Morgan fingerprint density at radius 3 is 2.41 bits per heavy atom. The predicted molar refractivity (Wildman–Crippen MR) is 114 cm³/mol. The minimum absolute atomic E-state index is 0.0226. The lowest BCUT2D eigenvalue weighted by molar-refractivity contribution is 0.242. The van der Waals surface area contributed by atoms with E-state index in [9.17, 15) is 16.8 Å². The van der Waals surface area contributed by atoms with Crippen LogP contribution in [0, 0.1) is 6.92 Å². The van der Waals surface area contributed by atoms with E-state index in [-0.39, 0.29) is 27.4 Å². The fourth-order valence-corrected chi connectivity index (χ4v) is 6.81. The van der Waals surface area contributed by atoms with Crippen molar-refractivity contribution in [3.05, 3.63) is 59.1 Å². The molecule has 1 aliphatic rings. The van der Waals surface area contributed by atoms with Gasteiger partial charge in [-0.15, -0.1) is 0 Å². The van der Waals surface area contributed by atoms with Crippen LogP contribution in [0.1, 0.15) is 31.2 Å². The van der Waals surface area contributed by atoms with Gasteiger partial charge < -0.3 is 0 Å². The first kappa shape index (κ1) is 22.2. The Morgan fingerprint density at radius 2 is 1.72 bits per heavy atom. The van der Waals surface area contributed by atoms with E-state index in [1.54, 1.807) is 36.4 Å². The molecule has 1 atom stereocenters. The second kappa shape index (κ2) is 9.14. The SMILES string of the molecule is Cc1ccc(S(=O)(=O)N2CCCCC2CCNS(=O)(=O)c2ccccc2Cl)cc1. The third kappa shape index (κ3) is 5.19. The van der Waals surface area contributed by atoms with Crippen LogP contribution in [0.15, 0.2) is 58.3 Å². The lowest BCUT2D eigenvalue weighted by atomic mass is 10.0. The van der Waals surface area contributed by atoms with E-state index in [2.05, 4.69) is 4.72 Å². The lowest BCUT2D eigenvalue weighted by Gasteiger charge is -2.34. The summed E-state index contributed by atoms with van der Waals surface area (Å²) in [5, 5.41) is 0.154. The van der Waals surface area contributed by atoms with Gasteiger partial charge in [-0.05, 0) is 50.5 Å². The van der Waals surface area contributed by atoms with Gasteiger partial charge in [-0.1, -0.05) is 47.9 Å². The summed E-state index contributed by atoms with van der Waals surface area (Å²) in [4.78, 5) is 0.293. The molecule has 0 spiro atoms. The first-order valence-electron chi connectivity index (χ1n) is 9.54. The van der Waals surface area contributed by atoms with Crippen molar-refractivity contribution in [1.82, 2.24) is 9.03 Å². The molecule has 0 aliphatic carbocycles. The molecule has 0 saturated carbocycles. The Bertz CT molecular complexity index is 1050. The highest BCUT2D eigenvalue weighted by Gasteiger charge is 2.33. The highest BCUT2D eigenvalue weighted by atomic mass is 35.5. The van der Waals surface area contributed by atoms with Crippen LogP contribution in [-0.4, -0.2) is 40.3 Å². The molecule has 2 aromatic rings. The number of hydrogen-bond acceptors (Lipinski definition) is 4. The van der Waals surface area contributed by atoms with Gasteiger partial charge in [0.1, 0.15) is 4.90 Å². The predicted octanol–water partition coefficient (Wildman–Crippen LogP) is 3.56. The molecule has 1 fully saturated rings. The zero-order valence-electron chi connectivity index (χ0n) is 16.2. The van der Waals surface area contributed by atoms with Gasteiger partial charge >= 0.3 is 0 Å². The summed E-state index contributed by atoms with van der Waals surface area (Å²) in [6.45, 7) is 2.49. The van der Waals surface area contributed by atoms with Crippen molar-refractivity contribution in [3.8, 4) is 0 Å². The van der Waals surface area contributed by atoms with E-state index >= 15 is 0 Å². The number of rotatable bonds is 7. The average molecular weight is 457 g/mol. The lowest BCUT2D eigenvalue weighted by Crippen LogP contribution is -2.45. The van der Waals surface area contributed by atoms with E-state index in [4.69, 9.17) is 11.6 Å². The molecule has 1 N–H and O–H groups in total. The highest BCUT2D eigenvalue weighted by Crippen LogP contribution is 2.27. The summed E-state index contributed by atoms with van der Waals surface area (Å²) >= 11 is 5.99. The molecule has 1 unspecified atom stereocenters. The van der Waals surface area contributed by atoms with Crippen molar-refractivity contribution in [1.29, 1.82) is 0 Å². The van der Waals surface area contributed by atoms with Gasteiger partial charge in [0.15, 0.2) is 0 Å². The largest absolute Gasteiger partial charge is 0.243 e. The van der Waals surface area contributed by atoms with Gasteiger partial charge in [0.2, 0.25) is 20.0 Å². The summed E-state index contributed by atoms with van der Waals surface area (Å²) in [5.74, 6) is 0. The highest BCUT2D eigenvalue weighted by molar-refractivity contribution is 7.89. The standard InChI is InChI=1S/C20H25ClN2O4S2/c1-16-9-11-18(12-10-16)29(26,27)23-15-5-4-6-17(23)13-14-22-28(24,25)20-8-3-2-7-19(20)21/h2-3,7-12,17,22H,4-6,13-15H2,1H3. The number of aryl methyl sites for hydroxylation is 1. The second-order valence-corrected chi connectivity index (χ2v) is 11.2. The van der Waals surface area contributed by atoms with Crippen LogP contribution in [0.3, 0.4) is 0 Å². The number of halogens is 1. The Labute approximate surface area is 178 Å². The first-order chi connectivity index (χ1) is 13.7. The third-order valence-electron chi connectivity index (χ3n) is 5.10. The van der Waals surface area contributed by atoms with E-state index in [0.717, 1.165) is 18.4 Å². The van der Waals surface area contributed by atoms with E-state index in [1.807, 2.05) is 6.92 Å². The second-order valence-electron chi connectivity index (χ2n) is 7.20. The fraction of sp³-hybridized carbons (Fsp3) is 0.400. The molecule has 1 heterocycles. The van der Waals surface area contributed by atoms with Crippen molar-refractivity contribution in [3.63, 3.8) is 0 Å². The molecule has 1 saturated heterocycles. The molecular formula is C20H25ClN2O4S2. The molecule has 0 radical (unpaired) electrons. The van der Waals surface area contributed by atoms with Crippen LogP contribution in [0.4, 0.5) is 0 Å². The number of piperidine rings is 1. The molecule has 29 heavy (non-hydrogen) atoms. The van der Waals surface area contributed by atoms with Crippen LogP contribution in [0.5, 0.6) is 0 Å². The fourth-order valence-electron chi connectivity index (χ4n) is 3.52. The van der Waals surface area contributed by atoms with Gasteiger partial charge in [0.05, 0.1) is 9.92 Å². The topological polar surface area (TPSA) is 83.6 Å². The quantitative estimate of drug-likeness (QED) is 0.690. The van der Waals surface area contributed by atoms with Crippen molar-refractivity contribution in [2.24, 2.45) is 0 Å². The van der Waals surface area contributed by atoms with Crippen LogP contribution >= 0.6 is 11.6 Å². The number of nitrogens with zero attached hydrogens (tertiary/aromatic N) is 1. The van der Waals surface area contributed by atoms with Gasteiger partial charge in [0, 0.05) is 19.1 Å². The summed E-state index contributed by atoms with van der Waals surface area (Å²) < 4.78 is 55.3. The van der Waals surface area contributed by atoms with Crippen LogP contribution in [0.25, 0.3) is 0 Å². The number of nitrogens with one attached hydrogen (secondary N) is 1. The number of benzene rings is 2. The van der Waals surface area contributed by atoms with Gasteiger partial charge in [-0.3, -0.25) is 0 Å². The molecule has 0 aromatic heterocycles. The minimum Gasteiger partial charge on any atom is -0.211 e. The third-order valence-corrected chi connectivity index (χ3v) is 9.02. The minimum atomic E-state index is -3.75. The summed E-state index contributed by atoms with van der Waals surface area (Å²) in [7, 11) is -7.37. The maximum absolute atomic E-state index is 13.1. The zero-order chi connectivity index (χ0) is 21.1. The number of sulfonamides is 2. The van der Waals surface area contributed by atoms with Crippen LogP contribution in [-0.2, 0) is 20.0 Å². The van der Waals surface area contributed by atoms with Gasteiger partial charge in [-0.25, -0.2) is 21.6 Å². The zero-order valence-corrected chi connectivity index (χ0v) is 18.6. The summed E-state index contributed by atoms with van der Waals surface area (Å²) in [6.07, 6.45) is 2.82. The molecule has 3 rings (SSSR count). The average Bonchev–Trinajstić information content (AvgIpc) is 2.69. The van der Waals surface area contributed by atoms with Crippen molar-refractivity contribution >= 4 is 31.6 Å². The Balaban J connectivity index is 1.71. The van der Waals surface area contributed by atoms with E-state index in [1.165, 1.54) is 16.4 Å². The van der Waals surface area contributed by atoms with Crippen molar-refractivity contribution in [2.75, 3.05) is 13.1 Å². The first-order valence-corrected chi connectivity index (χ1v) is 12.8. The van der Waals surface area contributed by atoms with Crippen LogP contribution < -0.4 is 4.72 Å². The molecular weight excluding hydrogens is 432 g/mol. The molecule has 6 nitrogen and oxygen atoms in total. The maximum Gasteiger partial charge on any atom is 0.243 e. The molecule has 158 valence electrons. The van der Waals surface area contributed by atoms with E-state index in [0.29, 0.717) is 19.4 Å². The summed E-state index contributed by atoms with van der Waals surface area (Å²) in [5.41, 5.74) is 0.994. The maximum atomic E-state index is 13.1. The van der Waals surface area contributed by atoms with Crippen LogP contribution in [0.2, 0.25) is 5.02 Å². The smallest absolute Gasteiger partial charge is 0.211 e. The number of hydrogen-bond donors (Lipinski definition) is 1. The Morgan fingerprint density at radius 1 is 1.03 bits per heavy atom. The Hall–Kier alpha value is -1.45. The van der Waals surface area contributed by atoms with Gasteiger partial charge in [0.25, 0.3) is 0 Å².